The number of rotatable bonds is 3. The molecule has 1 saturated heterocycles. The highest BCUT2D eigenvalue weighted by molar-refractivity contribution is 9.11. The van der Waals surface area contributed by atoms with Gasteiger partial charge in [-0.2, -0.15) is 0 Å². The van der Waals surface area contributed by atoms with Gasteiger partial charge in [0.15, 0.2) is 0 Å². The molecule has 0 radical (unpaired) electrons. The van der Waals surface area contributed by atoms with Crippen molar-refractivity contribution >= 4 is 37.8 Å². The zero-order chi connectivity index (χ0) is 13.8. The van der Waals surface area contributed by atoms with Crippen molar-refractivity contribution in [3.63, 3.8) is 0 Å². The number of nitrogens with zero attached hydrogens (tertiary/aromatic N) is 1. The predicted octanol–water partition coefficient (Wildman–Crippen LogP) is 3.41. The number of piperidine rings is 1. The van der Waals surface area contributed by atoms with Crippen molar-refractivity contribution in [2.75, 3.05) is 19.6 Å². The van der Waals surface area contributed by atoms with Gasteiger partial charge >= 0.3 is 0 Å². The largest absolute Gasteiger partial charge is 0.339 e. The molecule has 0 aliphatic carbocycles. The molecule has 1 amide bonds. The van der Waals surface area contributed by atoms with Gasteiger partial charge in [-0.25, -0.2) is 0 Å². The third-order valence-electron chi connectivity index (χ3n) is 3.59. The molecule has 5 heteroatoms. The Balaban J connectivity index is 2.01. The maximum absolute atomic E-state index is 12.4. The molecule has 1 aromatic rings. The molecule has 104 valence electrons. The highest BCUT2D eigenvalue weighted by Gasteiger charge is 2.23. The average Bonchev–Trinajstić information content (AvgIpc) is 2.38. The number of nitrogens with two attached hydrogens (primary N) is 1. The molecular formula is C14H18Br2N2O. The van der Waals surface area contributed by atoms with Crippen LogP contribution in [0.4, 0.5) is 0 Å². The van der Waals surface area contributed by atoms with Gasteiger partial charge in [0.25, 0.3) is 5.91 Å². The number of halogens is 2. The fraction of sp³-hybridized carbons (Fsp3) is 0.500. The van der Waals surface area contributed by atoms with E-state index < -0.39 is 0 Å². The molecule has 3 nitrogen and oxygen atoms in total. The highest BCUT2D eigenvalue weighted by Crippen LogP contribution is 2.24. The molecule has 0 unspecified atom stereocenters. The summed E-state index contributed by atoms with van der Waals surface area (Å²) in [7, 11) is 0. The number of amides is 1. The Hall–Kier alpha value is -0.390. The van der Waals surface area contributed by atoms with Crippen LogP contribution in [-0.2, 0) is 0 Å². The van der Waals surface area contributed by atoms with E-state index >= 15 is 0 Å². The second-order valence-corrected chi connectivity index (χ2v) is 6.80. The molecule has 0 atom stereocenters. The Bertz CT molecular complexity index is 437. The topological polar surface area (TPSA) is 46.3 Å². The van der Waals surface area contributed by atoms with Crippen molar-refractivity contribution in [1.82, 2.24) is 4.90 Å². The van der Waals surface area contributed by atoms with E-state index in [4.69, 9.17) is 5.73 Å². The molecule has 1 aliphatic heterocycles. The first-order valence-corrected chi connectivity index (χ1v) is 8.14. The summed E-state index contributed by atoms with van der Waals surface area (Å²) in [6, 6.07) is 5.68. The number of likely N-dealkylation sites (tertiary alicyclic amines) is 1. The number of hydrogen-bond donors (Lipinski definition) is 1. The number of carbonyl (C=O) groups excluding carboxylic acids is 1. The van der Waals surface area contributed by atoms with E-state index in [1.165, 1.54) is 0 Å². The molecule has 1 aromatic carbocycles. The van der Waals surface area contributed by atoms with Gasteiger partial charge in [-0.3, -0.25) is 4.79 Å². The van der Waals surface area contributed by atoms with Crippen molar-refractivity contribution in [2.45, 2.75) is 19.3 Å². The van der Waals surface area contributed by atoms with Gasteiger partial charge < -0.3 is 10.6 Å². The number of benzene rings is 1. The zero-order valence-electron chi connectivity index (χ0n) is 10.7. The molecule has 2 N–H and O–H groups in total. The molecule has 2 rings (SSSR count). The second-order valence-electron chi connectivity index (χ2n) is 4.97. The Morgan fingerprint density at radius 1 is 1.21 bits per heavy atom. The van der Waals surface area contributed by atoms with Crippen molar-refractivity contribution in [3.8, 4) is 0 Å². The lowest BCUT2D eigenvalue weighted by molar-refractivity contribution is 0.0688. The summed E-state index contributed by atoms with van der Waals surface area (Å²) in [6.45, 7) is 2.43. The van der Waals surface area contributed by atoms with Gasteiger partial charge in [0.1, 0.15) is 0 Å². The van der Waals surface area contributed by atoms with Crippen LogP contribution in [0.3, 0.4) is 0 Å². The van der Waals surface area contributed by atoms with E-state index in [2.05, 4.69) is 31.9 Å². The van der Waals surface area contributed by atoms with Crippen LogP contribution < -0.4 is 5.73 Å². The quantitative estimate of drug-likeness (QED) is 0.860. The van der Waals surface area contributed by atoms with Gasteiger partial charge in [0.2, 0.25) is 0 Å². The third-order valence-corrected chi connectivity index (χ3v) is 4.50. The van der Waals surface area contributed by atoms with E-state index in [-0.39, 0.29) is 5.91 Å². The normalized spacial score (nSPS) is 16.7. The molecule has 1 aliphatic rings. The van der Waals surface area contributed by atoms with Gasteiger partial charge in [-0.15, -0.1) is 0 Å². The fourth-order valence-corrected chi connectivity index (χ4v) is 3.81. The SMILES string of the molecule is NCCC1CCN(C(=O)c2cc(Br)cc(Br)c2)CC1. The molecule has 0 spiro atoms. The first-order valence-electron chi connectivity index (χ1n) is 6.55. The number of hydrogen-bond acceptors (Lipinski definition) is 2. The Morgan fingerprint density at radius 3 is 2.32 bits per heavy atom. The molecule has 0 saturated carbocycles. The molecule has 1 fully saturated rings. The lowest BCUT2D eigenvalue weighted by atomic mass is 9.93. The second kappa shape index (κ2) is 6.86. The molecule has 1 heterocycles. The average molecular weight is 390 g/mol. The first-order chi connectivity index (χ1) is 9.10. The predicted molar refractivity (Wildman–Crippen MR) is 84.1 cm³/mol. The minimum Gasteiger partial charge on any atom is -0.339 e. The van der Waals surface area contributed by atoms with Crippen LogP contribution in [0.2, 0.25) is 0 Å². The van der Waals surface area contributed by atoms with Crippen LogP contribution in [0.1, 0.15) is 29.6 Å². The van der Waals surface area contributed by atoms with Crippen LogP contribution >= 0.6 is 31.9 Å². The third kappa shape index (κ3) is 4.04. The van der Waals surface area contributed by atoms with Gasteiger partial charge in [0, 0.05) is 27.6 Å². The summed E-state index contributed by atoms with van der Waals surface area (Å²) >= 11 is 6.84. The maximum atomic E-state index is 12.4. The number of carbonyl (C=O) groups is 1. The minimum absolute atomic E-state index is 0.119. The zero-order valence-corrected chi connectivity index (χ0v) is 13.9. The molecule has 19 heavy (non-hydrogen) atoms. The maximum Gasteiger partial charge on any atom is 0.253 e. The van der Waals surface area contributed by atoms with Crippen molar-refractivity contribution < 1.29 is 4.79 Å². The Labute approximate surface area is 130 Å². The standard InChI is InChI=1S/C14H18Br2N2O/c15-12-7-11(8-13(16)9-12)14(19)18-5-2-10(1-4-17)3-6-18/h7-10H,1-6,17H2. The lowest BCUT2D eigenvalue weighted by Gasteiger charge is -2.32. The summed E-state index contributed by atoms with van der Waals surface area (Å²) in [4.78, 5) is 14.4. The van der Waals surface area contributed by atoms with Gasteiger partial charge in [-0.1, -0.05) is 31.9 Å². The summed E-state index contributed by atoms with van der Waals surface area (Å²) in [5.74, 6) is 0.802. The van der Waals surface area contributed by atoms with Crippen LogP contribution in [-0.4, -0.2) is 30.4 Å². The molecule has 0 aromatic heterocycles. The molecular weight excluding hydrogens is 372 g/mol. The Kier molecular flexibility index (Phi) is 5.42. The van der Waals surface area contributed by atoms with Crippen LogP contribution in [0.25, 0.3) is 0 Å². The van der Waals surface area contributed by atoms with Crippen LogP contribution in [0.5, 0.6) is 0 Å². The summed E-state index contributed by atoms with van der Waals surface area (Å²) in [6.07, 6.45) is 3.21. The van der Waals surface area contributed by atoms with Gasteiger partial charge in [0.05, 0.1) is 0 Å². The monoisotopic (exact) mass is 388 g/mol. The first kappa shape index (κ1) is 15.0. The van der Waals surface area contributed by atoms with E-state index in [1.54, 1.807) is 0 Å². The summed E-state index contributed by atoms with van der Waals surface area (Å²) in [5.41, 5.74) is 6.32. The Morgan fingerprint density at radius 2 is 1.79 bits per heavy atom. The lowest BCUT2D eigenvalue weighted by Crippen LogP contribution is -2.38. The van der Waals surface area contributed by atoms with Crippen LogP contribution in [0, 0.1) is 5.92 Å². The van der Waals surface area contributed by atoms with Gasteiger partial charge in [-0.05, 0) is 49.9 Å². The summed E-state index contributed by atoms with van der Waals surface area (Å²) < 4.78 is 1.84. The summed E-state index contributed by atoms with van der Waals surface area (Å²) in [5, 5.41) is 0. The van der Waals surface area contributed by atoms with E-state index in [1.807, 2.05) is 23.1 Å². The minimum atomic E-state index is 0.119. The van der Waals surface area contributed by atoms with Crippen LogP contribution in [0.15, 0.2) is 27.1 Å². The molecule has 0 bridgehead atoms. The van der Waals surface area contributed by atoms with E-state index in [9.17, 15) is 4.79 Å². The van der Waals surface area contributed by atoms with E-state index in [0.29, 0.717) is 5.92 Å². The highest BCUT2D eigenvalue weighted by atomic mass is 79.9. The van der Waals surface area contributed by atoms with Crippen molar-refractivity contribution in [3.05, 3.63) is 32.7 Å². The fourth-order valence-electron chi connectivity index (χ4n) is 2.52. The van der Waals surface area contributed by atoms with Crippen molar-refractivity contribution in [1.29, 1.82) is 0 Å². The smallest absolute Gasteiger partial charge is 0.253 e. The van der Waals surface area contributed by atoms with Crippen molar-refractivity contribution in [2.24, 2.45) is 11.7 Å². The van der Waals surface area contributed by atoms with E-state index in [0.717, 1.165) is 53.4 Å².